The first-order valence-electron chi connectivity index (χ1n) is 5.53. The van der Waals surface area contributed by atoms with Crippen molar-refractivity contribution in [3.63, 3.8) is 0 Å². The van der Waals surface area contributed by atoms with Gasteiger partial charge in [-0.05, 0) is 30.5 Å². The van der Waals surface area contributed by atoms with Gasteiger partial charge in [0.15, 0.2) is 0 Å². The van der Waals surface area contributed by atoms with Crippen molar-refractivity contribution < 1.29 is 9.90 Å². The van der Waals surface area contributed by atoms with E-state index in [9.17, 15) is 4.79 Å². The second-order valence-electron chi connectivity index (χ2n) is 4.27. The molecule has 0 unspecified atom stereocenters. The second kappa shape index (κ2) is 4.43. The molecular weight excluding hydrogens is 204 g/mol. The van der Waals surface area contributed by atoms with Crippen LogP contribution in [0.2, 0.25) is 0 Å². The minimum Gasteiger partial charge on any atom is -0.478 e. The molecule has 0 radical (unpaired) electrons. The lowest BCUT2D eigenvalue weighted by molar-refractivity contribution is 0.0698. The molecule has 1 aliphatic rings. The smallest absolute Gasteiger partial charge is 0.337 e. The van der Waals surface area contributed by atoms with Crippen molar-refractivity contribution in [1.82, 2.24) is 0 Å². The molecule has 4 N–H and O–H groups in total. The second-order valence-corrected chi connectivity index (χ2v) is 4.27. The third kappa shape index (κ3) is 2.66. The van der Waals surface area contributed by atoms with Gasteiger partial charge in [0.1, 0.15) is 0 Å². The molecule has 0 amide bonds. The normalized spacial score (nSPS) is 14.8. The maximum atomic E-state index is 11.0. The molecular formula is C12H16N2O2. The summed E-state index contributed by atoms with van der Waals surface area (Å²) in [5.41, 5.74) is 6.94. The van der Waals surface area contributed by atoms with Crippen LogP contribution >= 0.6 is 0 Å². The molecule has 0 spiro atoms. The number of carbonyl (C=O) groups is 1. The summed E-state index contributed by atoms with van der Waals surface area (Å²) in [5, 5.41) is 12.2. The van der Waals surface area contributed by atoms with Crippen LogP contribution in [0.5, 0.6) is 0 Å². The molecule has 0 heterocycles. The van der Waals surface area contributed by atoms with Crippen molar-refractivity contribution in [1.29, 1.82) is 0 Å². The van der Waals surface area contributed by atoms with Crippen LogP contribution in [0, 0.1) is 5.92 Å². The molecule has 1 aliphatic carbocycles. The average Bonchev–Trinajstić information content (AvgIpc) is 3.04. The highest BCUT2D eigenvalue weighted by atomic mass is 16.4. The molecule has 0 aliphatic heterocycles. The number of hydrogen-bond acceptors (Lipinski definition) is 3. The number of carboxylic acids is 1. The zero-order valence-electron chi connectivity index (χ0n) is 9.07. The number of nitrogens with two attached hydrogens (primary N) is 1. The zero-order chi connectivity index (χ0) is 11.5. The van der Waals surface area contributed by atoms with E-state index in [4.69, 9.17) is 10.8 Å². The van der Waals surface area contributed by atoms with Crippen LogP contribution in [0.15, 0.2) is 18.2 Å². The molecule has 1 fully saturated rings. The number of aromatic carboxylic acids is 1. The van der Waals surface area contributed by atoms with Gasteiger partial charge >= 0.3 is 5.97 Å². The van der Waals surface area contributed by atoms with E-state index in [1.807, 2.05) is 0 Å². The molecule has 1 saturated carbocycles. The van der Waals surface area contributed by atoms with E-state index in [1.54, 1.807) is 12.1 Å². The summed E-state index contributed by atoms with van der Waals surface area (Å²) in [6.45, 7) is 0.828. The molecule has 1 aromatic carbocycles. The molecule has 0 atom stereocenters. The molecule has 0 aromatic heterocycles. The largest absolute Gasteiger partial charge is 0.478 e. The molecule has 86 valence electrons. The number of benzene rings is 1. The predicted molar refractivity (Wildman–Crippen MR) is 63.6 cm³/mol. The Morgan fingerprint density at radius 1 is 1.50 bits per heavy atom. The minimum atomic E-state index is -0.943. The summed E-state index contributed by atoms with van der Waals surface area (Å²) in [6, 6.07) is 4.93. The first-order valence-corrected chi connectivity index (χ1v) is 5.53. The molecule has 4 heteroatoms. The van der Waals surface area contributed by atoms with E-state index in [0.717, 1.165) is 18.9 Å². The summed E-state index contributed by atoms with van der Waals surface area (Å²) in [4.78, 5) is 11.0. The van der Waals surface area contributed by atoms with Crippen molar-refractivity contribution >= 4 is 17.3 Å². The lowest BCUT2D eigenvalue weighted by Gasteiger charge is -2.09. The summed E-state index contributed by atoms with van der Waals surface area (Å²) in [6.07, 6.45) is 3.74. The fourth-order valence-corrected chi connectivity index (χ4v) is 1.71. The summed E-state index contributed by atoms with van der Waals surface area (Å²) >= 11 is 0. The number of carboxylic acid groups (broad SMARTS) is 1. The third-order valence-electron chi connectivity index (χ3n) is 2.84. The third-order valence-corrected chi connectivity index (χ3v) is 2.84. The van der Waals surface area contributed by atoms with Crippen LogP contribution in [-0.4, -0.2) is 17.6 Å². The quantitative estimate of drug-likeness (QED) is 0.665. The average molecular weight is 220 g/mol. The van der Waals surface area contributed by atoms with Crippen LogP contribution in [0.25, 0.3) is 0 Å². The molecule has 0 saturated heterocycles. The maximum Gasteiger partial charge on any atom is 0.337 e. The Bertz CT molecular complexity index is 400. The fourth-order valence-electron chi connectivity index (χ4n) is 1.71. The monoisotopic (exact) mass is 220 g/mol. The number of nitrogen functional groups attached to an aromatic ring is 1. The molecule has 16 heavy (non-hydrogen) atoms. The maximum absolute atomic E-state index is 11.0. The Balaban J connectivity index is 2.02. The summed E-state index contributed by atoms with van der Waals surface area (Å²) in [5.74, 6) is -0.101. The number of nitrogens with one attached hydrogen (secondary N) is 1. The van der Waals surface area contributed by atoms with E-state index in [1.165, 1.54) is 18.9 Å². The highest BCUT2D eigenvalue weighted by Gasteiger charge is 2.20. The van der Waals surface area contributed by atoms with Crippen molar-refractivity contribution in [3.8, 4) is 0 Å². The van der Waals surface area contributed by atoms with Gasteiger partial charge in [-0.2, -0.15) is 0 Å². The van der Waals surface area contributed by atoms with Gasteiger partial charge in [0.2, 0.25) is 0 Å². The summed E-state index contributed by atoms with van der Waals surface area (Å²) < 4.78 is 0. The first-order chi connectivity index (χ1) is 7.66. The SMILES string of the molecule is Nc1ccc(NCCC2CC2)c(C(=O)O)c1. The molecule has 4 nitrogen and oxygen atoms in total. The van der Waals surface area contributed by atoms with Gasteiger partial charge < -0.3 is 16.2 Å². The van der Waals surface area contributed by atoms with Gasteiger partial charge in [-0.1, -0.05) is 12.8 Å². The minimum absolute atomic E-state index is 0.246. The van der Waals surface area contributed by atoms with Crippen LogP contribution in [-0.2, 0) is 0 Å². The van der Waals surface area contributed by atoms with E-state index in [0.29, 0.717) is 11.4 Å². The van der Waals surface area contributed by atoms with E-state index < -0.39 is 5.97 Å². The standard InChI is InChI=1S/C12H16N2O2/c13-9-3-4-11(10(7-9)12(15)16)14-6-5-8-1-2-8/h3-4,7-8,14H,1-2,5-6,13H2,(H,15,16). The molecule has 0 bridgehead atoms. The molecule has 2 rings (SSSR count). The highest BCUT2D eigenvalue weighted by Crippen LogP contribution is 2.32. The highest BCUT2D eigenvalue weighted by molar-refractivity contribution is 5.95. The van der Waals surface area contributed by atoms with Crippen LogP contribution < -0.4 is 11.1 Å². The fraction of sp³-hybridized carbons (Fsp3) is 0.417. The predicted octanol–water partition coefficient (Wildman–Crippen LogP) is 2.18. The van der Waals surface area contributed by atoms with Crippen molar-refractivity contribution in [2.24, 2.45) is 5.92 Å². The Hall–Kier alpha value is -1.71. The Morgan fingerprint density at radius 2 is 2.25 bits per heavy atom. The van der Waals surface area contributed by atoms with Crippen LogP contribution in [0.4, 0.5) is 11.4 Å². The van der Waals surface area contributed by atoms with E-state index in [2.05, 4.69) is 5.32 Å². The van der Waals surface area contributed by atoms with Gasteiger partial charge in [-0.15, -0.1) is 0 Å². The topological polar surface area (TPSA) is 75.3 Å². The van der Waals surface area contributed by atoms with Crippen LogP contribution in [0.1, 0.15) is 29.6 Å². The lowest BCUT2D eigenvalue weighted by atomic mass is 10.1. The van der Waals surface area contributed by atoms with Crippen molar-refractivity contribution in [3.05, 3.63) is 23.8 Å². The van der Waals surface area contributed by atoms with Crippen molar-refractivity contribution in [2.45, 2.75) is 19.3 Å². The number of anilines is 2. The van der Waals surface area contributed by atoms with Gasteiger partial charge in [-0.3, -0.25) is 0 Å². The number of rotatable bonds is 5. The Morgan fingerprint density at radius 3 is 2.88 bits per heavy atom. The van der Waals surface area contributed by atoms with Gasteiger partial charge in [0, 0.05) is 17.9 Å². The van der Waals surface area contributed by atoms with Gasteiger partial charge in [0.25, 0.3) is 0 Å². The Kier molecular flexibility index (Phi) is 2.99. The Labute approximate surface area is 94.5 Å². The molecule has 1 aromatic rings. The van der Waals surface area contributed by atoms with E-state index >= 15 is 0 Å². The zero-order valence-corrected chi connectivity index (χ0v) is 9.07. The first kappa shape index (κ1) is 10.8. The summed E-state index contributed by atoms with van der Waals surface area (Å²) in [7, 11) is 0. The number of hydrogen-bond donors (Lipinski definition) is 3. The van der Waals surface area contributed by atoms with E-state index in [-0.39, 0.29) is 5.56 Å². The van der Waals surface area contributed by atoms with Crippen molar-refractivity contribution in [2.75, 3.05) is 17.6 Å². The van der Waals surface area contributed by atoms with Gasteiger partial charge in [-0.25, -0.2) is 4.79 Å². The van der Waals surface area contributed by atoms with Crippen LogP contribution in [0.3, 0.4) is 0 Å². The lowest BCUT2D eigenvalue weighted by Crippen LogP contribution is -2.08. The van der Waals surface area contributed by atoms with Gasteiger partial charge in [0.05, 0.1) is 5.56 Å².